The molecule has 1 aromatic rings. The molecule has 0 fully saturated rings. The fourth-order valence-electron chi connectivity index (χ4n) is 1.30. The van der Waals surface area contributed by atoms with E-state index in [2.05, 4.69) is 18.5 Å². The lowest BCUT2D eigenvalue weighted by atomic mass is 10.0. The molecule has 0 atom stereocenters. The second-order valence-corrected chi connectivity index (χ2v) is 3.67. The van der Waals surface area contributed by atoms with Crippen molar-refractivity contribution in [3.63, 3.8) is 0 Å². The normalized spacial score (nSPS) is 9.39. The van der Waals surface area contributed by atoms with E-state index in [4.69, 9.17) is 4.74 Å². The molecule has 4 heteroatoms. The van der Waals surface area contributed by atoms with Crippen molar-refractivity contribution in [2.75, 3.05) is 11.9 Å². The Bertz CT molecular complexity index is 492. The molecule has 4 nitrogen and oxygen atoms in total. The van der Waals surface area contributed by atoms with E-state index in [0.29, 0.717) is 16.8 Å². The summed E-state index contributed by atoms with van der Waals surface area (Å²) in [5.41, 5.74) is 1.20. The number of amides is 1. The number of hydrogen-bond acceptors (Lipinski definition) is 3. The Balaban J connectivity index is 2.89. The molecule has 1 aromatic carbocycles. The fourth-order valence-corrected chi connectivity index (χ4v) is 1.30. The van der Waals surface area contributed by atoms with Gasteiger partial charge in [-0.15, -0.1) is 0 Å². The zero-order valence-corrected chi connectivity index (χ0v) is 10.2. The summed E-state index contributed by atoms with van der Waals surface area (Å²) < 4.78 is 4.79. The molecule has 0 aliphatic heterocycles. The lowest BCUT2D eigenvalue weighted by Crippen LogP contribution is -2.16. The van der Waals surface area contributed by atoms with Crippen molar-refractivity contribution in [2.45, 2.75) is 6.92 Å². The highest BCUT2D eigenvalue weighted by Gasteiger charge is 2.13. The van der Waals surface area contributed by atoms with Crippen molar-refractivity contribution in [1.82, 2.24) is 0 Å². The van der Waals surface area contributed by atoms with Gasteiger partial charge in [0.1, 0.15) is 6.61 Å². The highest BCUT2D eigenvalue weighted by molar-refractivity contribution is 6.12. The van der Waals surface area contributed by atoms with Crippen molar-refractivity contribution < 1.29 is 14.3 Å². The maximum atomic E-state index is 11.9. The van der Waals surface area contributed by atoms with Gasteiger partial charge < -0.3 is 4.74 Å². The molecule has 1 N–H and O–H groups in total. The number of para-hydroxylation sites is 1. The summed E-state index contributed by atoms with van der Waals surface area (Å²) in [6.45, 7) is 8.77. The minimum absolute atomic E-state index is 0.114. The number of rotatable bonds is 5. The minimum atomic E-state index is -0.628. The van der Waals surface area contributed by atoms with E-state index in [1.807, 2.05) is 0 Å². The van der Waals surface area contributed by atoms with Crippen LogP contribution in [0.25, 0.3) is 0 Å². The molecule has 0 spiro atoms. The first-order chi connectivity index (χ1) is 8.56. The number of carbonyl (C=O) groups is 2. The first kappa shape index (κ1) is 13.7. The molecule has 0 heterocycles. The van der Waals surface area contributed by atoms with Gasteiger partial charge in [0.15, 0.2) is 5.78 Å². The summed E-state index contributed by atoms with van der Waals surface area (Å²) in [5, 5.41) is 2.51. The van der Waals surface area contributed by atoms with Crippen molar-refractivity contribution >= 4 is 17.6 Å². The second-order valence-electron chi connectivity index (χ2n) is 3.67. The van der Waals surface area contributed by atoms with Crippen molar-refractivity contribution in [2.24, 2.45) is 0 Å². The predicted molar refractivity (Wildman–Crippen MR) is 70.8 cm³/mol. The van der Waals surface area contributed by atoms with Crippen molar-refractivity contribution in [3.05, 3.63) is 54.6 Å². The largest absolute Gasteiger partial charge is 0.445 e. The van der Waals surface area contributed by atoms with Gasteiger partial charge >= 0.3 is 6.09 Å². The topological polar surface area (TPSA) is 55.4 Å². The lowest BCUT2D eigenvalue weighted by molar-refractivity contribution is 0.103. The van der Waals surface area contributed by atoms with E-state index in [-0.39, 0.29) is 12.4 Å². The molecule has 0 bridgehead atoms. The molecule has 0 aromatic heterocycles. The van der Waals surface area contributed by atoms with Gasteiger partial charge in [0.05, 0.1) is 5.69 Å². The Labute approximate surface area is 106 Å². The summed E-state index contributed by atoms with van der Waals surface area (Å²) in [5.74, 6) is -0.213. The third-order valence-corrected chi connectivity index (χ3v) is 2.13. The Morgan fingerprint density at radius 3 is 2.67 bits per heavy atom. The second kappa shape index (κ2) is 6.39. The van der Waals surface area contributed by atoms with Gasteiger partial charge in [-0.3, -0.25) is 10.1 Å². The standard InChI is InChI=1S/C14H15NO3/c1-4-9-18-14(17)15-12-8-6-5-7-11(12)13(16)10(2)3/h4-8H,1-2,9H2,3H3,(H,15,17). The van der Waals surface area contributed by atoms with Gasteiger partial charge in [-0.25, -0.2) is 4.79 Å². The van der Waals surface area contributed by atoms with Crippen LogP contribution in [0.4, 0.5) is 10.5 Å². The maximum absolute atomic E-state index is 11.9. The molecule has 1 rings (SSSR count). The van der Waals surface area contributed by atoms with Gasteiger partial charge in [0.25, 0.3) is 0 Å². The van der Waals surface area contributed by atoms with Gasteiger partial charge in [0.2, 0.25) is 0 Å². The minimum Gasteiger partial charge on any atom is -0.445 e. The number of Topliss-reactive ketones (excluding diaryl/α,β-unsaturated/α-hetero) is 1. The number of anilines is 1. The highest BCUT2D eigenvalue weighted by atomic mass is 16.5. The molecule has 0 saturated carbocycles. The van der Waals surface area contributed by atoms with E-state index >= 15 is 0 Å². The predicted octanol–water partition coefficient (Wildman–Crippen LogP) is 3.18. The summed E-state index contributed by atoms with van der Waals surface area (Å²) in [6.07, 6.45) is 0.835. The third kappa shape index (κ3) is 3.59. The molecule has 0 unspecified atom stereocenters. The fraction of sp³-hybridized carbons (Fsp3) is 0.143. The monoisotopic (exact) mass is 245 g/mol. The molecule has 18 heavy (non-hydrogen) atoms. The Morgan fingerprint density at radius 1 is 1.39 bits per heavy atom. The van der Waals surface area contributed by atoms with Crippen LogP contribution in [0.2, 0.25) is 0 Å². The molecule has 0 aliphatic carbocycles. The summed E-state index contributed by atoms with van der Waals surface area (Å²) in [6, 6.07) is 6.69. The van der Waals surface area contributed by atoms with E-state index in [0.717, 1.165) is 0 Å². The molecule has 0 saturated heterocycles. The quantitative estimate of drug-likeness (QED) is 0.492. The molecular formula is C14H15NO3. The van der Waals surface area contributed by atoms with Gasteiger partial charge in [-0.2, -0.15) is 0 Å². The van der Waals surface area contributed by atoms with E-state index in [1.54, 1.807) is 31.2 Å². The number of nitrogens with one attached hydrogen (secondary N) is 1. The van der Waals surface area contributed by atoms with Crippen LogP contribution in [0.5, 0.6) is 0 Å². The van der Waals surface area contributed by atoms with Crippen LogP contribution in [0.3, 0.4) is 0 Å². The van der Waals surface area contributed by atoms with Crippen LogP contribution in [-0.4, -0.2) is 18.5 Å². The lowest BCUT2D eigenvalue weighted by Gasteiger charge is -2.09. The Kier molecular flexibility index (Phi) is 4.87. The summed E-state index contributed by atoms with van der Waals surface area (Å²) in [4.78, 5) is 23.3. The van der Waals surface area contributed by atoms with E-state index in [9.17, 15) is 9.59 Å². The van der Waals surface area contributed by atoms with Crippen molar-refractivity contribution in [1.29, 1.82) is 0 Å². The van der Waals surface area contributed by atoms with Crippen LogP contribution in [0.1, 0.15) is 17.3 Å². The van der Waals surface area contributed by atoms with Gasteiger partial charge in [-0.1, -0.05) is 31.4 Å². The SMILES string of the molecule is C=CCOC(=O)Nc1ccccc1C(=O)C(=C)C. The summed E-state index contributed by atoms with van der Waals surface area (Å²) in [7, 11) is 0. The molecular weight excluding hydrogens is 230 g/mol. The maximum Gasteiger partial charge on any atom is 0.411 e. The van der Waals surface area contributed by atoms with Crippen LogP contribution >= 0.6 is 0 Å². The zero-order chi connectivity index (χ0) is 13.5. The smallest absolute Gasteiger partial charge is 0.411 e. The van der Waals surface area contributed by atoms with E-state index < -0.39 is 6.09 Å². The van der Waals surface area contributed by atoms with Crippen LogP contribution in [0, 0.1) is 0 Å². The van der Waals surface area contributed by atoms with Crippen LogP contribution < -0.4 is 5.32 Å². The highest BCUT2D eigenvalue weighted by Crippen LogP contribution is 2.18. The Morgan fingerprint density at radius 2 is 2.06 bits per heavy atom. The molecule has 0 radical (unpaired) electrons. The number of ketones is 1. The van der Waals surface area contributed by atoms with Crippen LogP contribution in [-0.2, 0) is 4.74 Å². The molecule has 0 aliphatic rings. The molecule has 1 amide bonds. The van der Waals surface area contributed by atoms with Crippen LogP contribution in [0.15, 0.2) is 49.1 Å². The van der Waals surface area contributed by atoms with E-state index in [1.165, 1.54) is 6.08 Å². The average molecular weight is 245 g/mol. The van der Waals surface area contributed by atoms with Crippen molar-refractivity contribution in [3.8, 4) is 0 Å². The third-order valence-electron chi connectivity index (χ3n) is 2.13. The first-order valence-corrected chi connectivity index (χ1v) is 5.40. The average Bonchev–Trinajstić information content (AvgIpc) is 2.36. The molecule has 94 valence electrons. The number of carbonyl (C=O) groups excluding carboxylic acids is 2. The number of allylic oxidation sites excluding steroid dienone is 1. The van der Waals surface area contributed by atoms with Gasteiger partial charge in [-0.05, 0) is 24.6 Å². The van der Waals surface area contributed by atoms with Gasteiger partial charge in [0, 0.05) is 5.56 Å². The number of hydrogen-bond donors (Lipinski definition) is 1. The number of benzene rings is 1. The zero-order valence-electron chi connectivity index (χ0n) is 10.2. The first-order valence-electron chi connectivity index (χ1n) is 5.40. The number of ether oxygens (including phenoxy) is 1. The Hall–Kier alpha value is -2.36. The summed E-state index contributed by atoms with van der Waals surface area (Å²) >= 11 is 0.